The van der Waals surface area contributed by atoms with Crippen LogP contribution in [0.4, 0.5) is 0 Å². The fourth-order valence-corrected chi connectivity index (χ4v) is 4.29. The van der Waals surface area contributed by atoms with Gasteiger partial charge in [0.25, 0.3) is 0 Å². The highest BCUT2D eigenvalue weighted by Crippen LogP contribution is 2.22. The third-order valence-corrected chi connectivity index (χ3v) is 6.08. The maximum Gasteiger partial charge on any atom is 0.246 e. The number of benzene rings is 1. The summed E-state index contributed by atoms with van der Waals surface area (Å²) in [4.78, 5) is 26.9. The van der Waals surface area contributed by atoms with Crippen molar-refractivity contribution in [1.29, 1.82) is 0 Å². The normalized spacial score (nSPS) is 14.8. The van der Waals surface area contributed by atoms with Crippen LogP contribution >= 0.6 is 0 Å². The van der Waals surface area contributed by atoms with Gasteiger partial charge in [-0.2, -0.15) is 0 Å². The minimum absolute atomic E-state index is 0.0102. The number of para-hydroxylation sites is 1. The van der Waals surface area contributed by atoms with Crippen molar-refractivity contribution in [1.82, 2.24) is 14.8 Å². The smallest absolute Gasteiger partial charge is 0.246 e. The standard InChI is InChI=1S/C26H29N3O3/c1-19-17-22(20(2)29(19)23-7-4-3-5-8-23)10-11-25(30)28-14-12-21(13-15-28)26(31)27-18-24-9-6-16-32-24/h3-11,16-17,21H,12-15,18H2,1-2H3,(H,27,31)/b11-10+. The summed E-state index contributed by atoms with van der Waals surface area (Å²) in [5.74, 6) is 0.687. The van der Waals surface area contributed by atoms with E-state index in [9.17, 15) is 9.59 Å². The average Bonchev–Trinajstić information content (AvgIpc) is 3.44. The molecule has 0 bridgehead atoms. The minimum Gasteiger partial charge on any atom is -0.467 e. The molecule has 0 saturated carbocycles. The van der Waals surface area contributed by atoms with Gasteiger partial charge in [-0.1, -0.05) is 18.2 Å². The predicted molar refractivity (Wildman–Crippen MR) is 124 cm³/mol. The van der Waals surface area contributed by atoms with Crippen molar-refractivity contribution in [2.75, 3.05) is 13.1 Å². The summed E-state index contributed by atoms with van der Waals surface area (Å²) < 4.78 is 7.44. The molecule has 3 heterocycles. The van der Waals surface area contributed by atoms with Gasteiger partial charge in [-0.05, 0) is 68.7 Å². The van der Waals surface area contributed by atoms with Gasteiger partial charge in [0.1, 0.15) is 5.76 Å². The highest BCUT2D eigenvalue weighted by atomic mass is 16.3. The number of aromatic nitrogens is 1. The lowest BCUT2D eigenvalue weighted by Gasteiger charge is -2.30. The largest absolute Gasteiger partial charge is 0.467 e. The molecule has 1 fully saturated rings. The zero-order valence-electron chi connectivity index (χ0n) is 18.6. The molecule has 0 spiro atoms. The number of rotatable bonds is 6. The third-order valence-electron chi connectivity index (χ3n) is 6.08. The topological polar surface area (TPSA) is 67.5 Å². The van der Waals surface area contributed by atoms with E-state index in [0.29, 0.717) is 32.5 Å². The first-order valence-electron chi connectivity index (χ1n) is 11.0. The summed E-state index contributed by atoms with van der Waals surface area (Å²) in [6.07, 6.45) is 6.48. The zero-order chi connectivity index (χ0) is 22.5. The molecule has 1 aliphatic heterocycles. The number of amides is 2. The molecule has 0 radical (unpaired) electrons. The molecule has 1 saturated heterocycles. The number of carbonyl (C=O) groups excluding carboxylic acids is 2. The number of piperidine rings is 1. The summed E-state index contributed by atoms with van der Waals surface area (Å²) in [6, 6.07) is 15.9. The van der Waals surface area contributed by atoms with E-state index >= 15 is 0 Å². The highest BCUT2D eigenvalue weighted by molar-refractivity contribution is 5.92. The van der Waals surface area contributed by atoms with Crippen LogP contribution in [0.15, 0.2) is 65.3 Å². The van der Waals surface area contributed by atoms with Gasteiger partial charge in [-0.3, -0.25) is 9.59 Å². The van der Waals surface area contributed by atoms with Crippen molar-refractivity contribution in [3.8, 4) is 5.69 Å². The number of likely N-dealkylation sites (tertiary alicyclic amines) is 1. The second-order valence-corrected chi connectivity index (χ2v) is 8.23. The molecule has 6 nitrogen and oxygen atoms in total. The van der Waals surface area contributed by atoms with E-state index in [1.54, 1.807) is 18.4 Å². The molecule has 2 amide bonds. The summed E-state index contributed by atoms with van der Waals surface area (Å²) in [6.45, 7) is 5.71. The van der Waals surface area contributed by atoms with Crippen molar-refractivity contribution in [3.05, 3.63) is 83.6 Å². The number of nitrogens with zero attached hydrogens (tertiary/aromatic N) is 2. The molecule has 166 valence electrons. The van der Waals surface area contributed by atoms with Crippen LogP contribution < -0.4 is 5.32 Å². The van der Waals surface area contributed by atoms with Gasteiger partial charge in [-0.15, -0.1) is 0 Å². The number of hydrogen-bond acceptors (Lipinski definition) is 3. The summed E-state index contributed by atoms with van der Waals surface area (Å²) in [5.41, 5.74) is 4.37. The maximum absolute atomic E-state index is 12.7. The number of nitrogens with one attached hydrogen (secondary N) is 1. The molecular formula is C26H29N3O3. The Morgan fingerprint density at radius 3 is 2.53 bits per heavy atom. The lowest BCUT2D eigenvalue weighted by Crippen LogP contribution is -2.42. The Morgan fingerprint density at radius 2 is 1.84 bits per heavy atom. The van der Waals surface area contributed by atoms with Gasteiger partial charge in [0, 0.05) is 42.2 Å². The number of furan rings is 1. The van der Waals surface area contributed by atoms with Crippen LogP contribution in [0.2, 0.25) is 0 Å². The van der Waals surface area contributed by atoms with E-state index in [0.717, 1.165) is 28.4 Å². The van der Waals surface area contributed by atoms with Gasteiger partial charge in [0.2, 0.25) is 11.8 Å². The lowest BCUT2D eigenvalue weighted by molar-refractivity contribution is -0.132. The van der Waals surface area contributed by atoms with E-state index in [2.05, 4.69) is 41.9 Å². The minimum atomic E-state index is -0.0669. The zero-order valence-corrected chi connectivity index (χ0v) is 18.6. The fourth-order valence-electron chi connectivity index (χ4n) is 4.29. The monoisotopic (exact) mass is 431 g/mol. The van der Waals surface area contributed by atoms with Crippen molar-refractivity contribution in [2.45, 2.75) is 33.2 Å². The van der Waals surface area contributed by atoms with Crippen LogP contribution in [0, 0.1) is 19.8 Å². The Bertz CT molecular complexity index is 1090. The molecule has 1 N–H and O–H groups in total. The Labute approximate surface area is 188 Å². The van der Waals surface area contributed by atoms with E-state index in [1.807, 2.05) is 35.2 Å². The SMILES string of the molecule is Cc1cc(/C=C/C(=O)N2CCC(C(=O)NCc3ccco3)CC2)c(C)n1-c1ccccc1. The van der Waals surface area contributed by atoms with Crippen LogP contribution in [-0.2, 0) is 16.1 Å². The van der Waals surface area contributed by atoms with E-state index < -0.39 is 0 Å². The molecule has 2 aromatic heterocycles. The quantitative estimate of drug-likeness (QED) is 0.593. The van der Waals surface area contributed by atoms with Crippen LogP contribution in [0.3, 0.4) is 0 Å². The summed E-state index contributed by atoms with van der Waals surface area (Å²) >= 11 is 0. The first-order valence-corrected chi connectivity index (χ1v) is 11.0. The van der Waals surface area contributed by atoms with Crippen LogP contribution in [-0.4, -0.2) is 34.4 Å². The van der Waals surface area contributed by atoms with Crippen LogP contribution in [0.5, 0.6) is 0 Å². The predicted octanol–water partition coefficient (Wildman–Crippen LogP) is 4.26. The Morgan fingerprint density at radius 1 is 1.09 bits per heavy atom. The van der Waals surface area contributed by atoms with E-state index in [1.165, 1.54) is 0 Å². The molecule has 3 aromatic rings. The third kappa shape index (κ3) is 4.85. The molecule has 0 atom stereocenters. The molecule has 0 aliphatic carbocycles. The first-order chi connectivity index (χ1) is 15.5. The molecule has 1 aliphatic rings. The van der Waals surface area contributed by atoms with Crippen LogP contribution in [0.1, 0.15) is 35.6 Å². The van der Waals surface area contributed by atoms with Gasteiger partial charge in [0.15, 0.2) is 0 Å². The molecule has 1 aromatic carbocycles. The van der Waals surface area contributed by atoms with Crippen LogP contribution in [0.25, 0.3) is 11.8 Å². The number of aryl methyl sites for hydroxylation is 1. The molecule has 32 heavy (non-hydrogen) atoms. The van der Waals surface area contributed by atoms with Crippen molar-refractivity contribution < 1.29 is 14.0 Å². The Kier molecular flexibility index (Phi) is 6.59. The molecule has 4 rings (SSSR count). The maximum atomic E-state index is 12.7. The molecular weight excluding hydrogens is 402 g/mol. The average molecular weight is 432 g/mol. The van der Waals surface area contributed by atoms with E-state index in [4.69, 9.17) is 4.42 Å². The van der Waals surface area contributed by atoms with Gasteiger partial charge < -0.3 is 19.2 Å². The van der Waals surface area contributed by atoms with Crippen molar-refractivity contribution >= 4 is 17.9 Å². The highest BCUT2D eigenvalue weighted by Gasteiger charge is 2.26. The van der Waals surface area contributed by atoms with Gasteiger partial charge in [0.05, 0.1) is 12.8 Å². The van der Waals surface area contributed by atoms with Gasteiger partial charge >= 0.3 is 0 Å². The second-order valence-electron chi connectivity index (χ2n) is 8.23. The molecule has 6 heteroatoms. The Hall–Kier alpha value is -3.54. The number of hydrogen-bond donors (Lipinski definition) is 1. The van der Waals surface area contributed by atoms with E-state index in [-0.39, 0.29) is 17.7 Å². The van der Waals surface area contributed by atoms with Crippen molar-refractivity contribution in [2.24, 2.45) is 5.92 Å². The van der Waals surface area contributed by atoms with Crippen molar-refractivity contribution in [3.63, 3.8) is 0 Å². The fraction of sp³-hybridized carbons (Fsp3) is 0.308. The Balaban J connectivity index is 1.32. The molecule has 0 unspecified atom stereocenters. The summed E-state index contributed by atoms with van der Waals surface area (Å²) in [5, 5.41) is 2.92. The second kappa shape index (κ2) is 9.73. The van der Waals surface area contributed by atoms with Gasteiger partial charge in [-0.25, -0.2) is 0 Å². The first kappa shape index (κ1) is 21.7. The summed E-state index contributed by atoms with van der Waals surface area (Å²) in [7, 11) is 0. The number of carbonyl (C=O) groups is 2. The lowest BCUT2D eigenvalue weighted by atomic mass is 9.96.